The molecule has 0 atom stereocenters. The average Bonchev–Trinajstić information content (AvgIpc) is 2.96. The normalized spacial score (nSPS) is 11.4. The fourth-order valence-electron chi connectivity index (χ4n) is 2.32. The first-order valence-corrected chi connectivity index (χ1v) is 6.99. The lowest BCUT2D eigenvalue weighted by Gasteiger charge is -2.07. The van der Waals surface area contributed by atoms with Crippen LogP contribution in [0, 0.1) is 13.8 Å². The topological polar surface area (TPSA) is 48.5 Å². The fourth-order valence-corrected chi connectivity index (χ4v) is 2.53. The maximum atomic E-state index is 6.04. The van der Waals surface area contributed by atoms with Crippen LogP contribution in [0.1, 0.15) is 22.6 Å². The third-order valence-electron chi connectivity index (χ3n) is 3.70. The van der Waals surface area contributed by atoms with E-state index in [-0.39, 0.29) is 0 Å². The van der Waals surface area contributed by atoms with E-state index in [4.69, 9.17) is 11.6 Å². The second-order valence-corrected chi connectivity index (χ2v) is 5.19. The molecule has 20 heavy (non-hydrogen) atoms. The number of hydrogen-bond acceptors (Lipinski definition) is 3. The van der Waals surface area contributed by atoms with Crippen LogP contribution in [0.2, 0.25) is 0 Å². The van der Waals surface area contributed by atoms with Crippen molar-refractivity contribution in [1.82, 2.24) is 24.3 Å². The van der Waals surface area contributed by atoms with Crippen LogP contribution in [-0.4, -0.2) is 24.3 Å². The molecule has 0 spiro atoms. The highest BCUT2D eigenvalue weighted by molar-refractivity contribution is 6.16. The zero-order chi connectivity index (χ0) is 14.3. The summed E-state index contributed by atoms with van der Waals surface area (Å²) in [6.45, 7) is 4.78. The first-order valence-electron chi connectivity index (χ1n) is 6.46. The van der Waals surface area contributed by atoms with Crippen molar-refractivity contribution in [2.75, 3.05) is 0 Å². The van der Waals surface area contributed by atoms with Gasteiger partial charge in [-0.2, -0.15) is 5.10 Å². The van der Waals surface area contributed by atoms with E-state index in [1.54, 1.807) is 0 Å². The molecule has 0 aliphatic heterocycles. The molecule has 0 radical (unpaired) electrons. The molecule has 3 aromatic rings. The van der Waals surface area contributed by atoms with Crippen molar-refractivity contribution >= 4 is 22.8 Å². The summed E-state index contributed by atoms with van der Waals surface area (Å²) in [4.78, 5) is 9.06. The van der Waals surface area contributed by atoms with Gasteiger partial charge in [0, 0.05) is 24.5 Å². The zero-order valence-corrected chi connectivity index (χ0v) is 12.5. The number of pyridine rings is 1. The molecule has 0 aliphatic rings. The average molecular weight is 290 g/mol. The Labute approximate surface area is 122 Å². The predicted octanol–water partition coefficient (Wildman–Crippen LogP) is 2.57. The van der Waals surface area contributed by atoms with Crippen LogP contribution < -0.4 is 0 Å². The minimum atomic E-state index is 0.370. The maximum Gasteiger partial charge on any atom is 0.160 e. The van der Waals surface area contributed by atoms with Gasteiger partial charge in [0.1, 0.15) is 11.3 Å². The van der Waals surface area contributed by atoms with E-state index in [9.17, 15) is 0 Å². The number of halogens is 1. The Bertz CT molecular complexity index is 771. The summed E-state index contributed by atoms with van der Waals surface area (Å²) in [6.07, 6.45) is 3.69. The Morgan fingerprint density at radius 2 is 2.10 bits per heavy atom. The highest BCUT2D eigenvalue weighted by atomic mass is 35.5. The van der Waals surface area contributed by atoms with Gasteiger partial charge in [0.25, 0.3) is 0 Å². The second kappa shape index (κ2) is 4.90. The van der Waals surface area contributed by atoms with Gasteiger partial charge in [0.15, 0.2) is 5.65 Å². The molecule has 0 bridgehead atoms. The Hall–Kier alpha value is -1.88. The molecular formula is C14H16ClN5. The number of nitrogens with zero attached hydrogens (tertiary/aromatic N) is 5. The summed E-state index contributed by atoms with van der Waals surface area (Å²) >= 11 is 6.04. The third-order valence-corrected chi connectivity index (χ3v) is 3.94. The SMILES string of the molecule is Cc1ccnc2c1nc(CCl)n2Cc1cnn(C)c1C. The Balaban J connectivity index is 2.15. The van der Waals surface area contributed by atoms with E-state index < -0.39 is 0 Å². The first-order chi connectivity index (χ1) is 9.61. The lowest BCUT2D eigenvalue weighted by Crippen LogP contribution is -2.06. The van der Waals surface area contributed by atoms with Crippen LogP contribution in [0.5, 0.6) is 0 Å². The van der Waals surface area contributed by atoms with Crippen molar-refractivity contribution in [2.45, 2.75) is 26.3 Å². The molecule has 0 aliphatic carbocycles. The smallest absolute Gasteiger partial charge is 0.160 e. The first kappa shape index (κ1) is 13.1. The van der Waals surface area contributed by atoms with Crippen molar-refractivity contribution in [3.63, 3.8) is 0 Å². The molecule has 0 aromatic carbocycles. The van der Waals surface area contributed by atoms with Crippen LogP contribution in [-0.2, 0) is 19.5 Å². The van der Waals surface area contributed by atoms with Gasteiger partial charge in [0.05, 0.1) is 18.6 Å². The van der Waals surface area contributed by atoms with E-state index in [2.05, 4.69) is 26.6 Å². The minimum absolute atomic E-state index is 0.370. The van der Waals surface area contributed by atoms with Gasteiger partial charge in [-0.3, -0.25) is 4.68 Å². The summed E-state index contributed by atoms with van der Waals surface area (Å²) in [5, 5.41) is 4.28. The van der Waals surface area contributed by atoms with E-state index >= 15 is 0 Å². The van der Waals surface area contributed by atoms with Crippen LogP contribution >= 0.6 is 11.6 Å². The molecule has 3 rings (SSSR count). The van der Waals surface area contributed by atoms with E-state index in [1.165, 1.54) is 0 Å². The number of imidazole rings is 1. The van der Waals surface area contributed by atoms with Gasteiger partial charge in [-0.15, -0.1) is 11.6 Å². The number of aromatic nitrogens is 5. The summed E-state index contributed by atoms with van der Waals surface area (Å²) < 4.78 is 3.94. The van der Waals surface area contributed by atoms with Crippen molar-refractivity contribution in [1.29, 1.82) is 0 Å². The quantitative estimate of drug-likeness (QED) is 0.696. The molecule has 104 valence electrons. The summed E-state index contributed by atoms with van der Waals surface area (Å²) in [7, 11) is 1.94. The largest absolute Gasteiger partial charge is 0.307 e. The van der Waals surface area contributed by atoms with Gasteiger partial charge in [-0.1, -0.05) is 0 Å². The Morgan fingerprint density at radius 3 is 2.75 bits per heavy atom. The van der Waals surface area contributed by atoms with Gasteiger partial charge in [-0.25, -0.2) is 9.97 Å². The summed E-state index contributed by atoms with van der Waals surface area (Å²) in [5.74, 6) is 1.21. The lowest BCUT2D eigenvalue weighted by molar-refractivity contribution is 0.728. The van der Waals surface area contributed by atoms with Gasteiger partial charge < -0.3 is 4.57 Å². The van der Waals surface area contributed by atoms with Crippen molar-refractivity contribution in [2.24, 2.45) is 7.05 Å². The monoisotopic (exact) mass is 289 g/mol. The van der Waals surface area contributed by atoms with Gasteiger partial charge >= 0.3 is 0 Å². The second-order valence-electron chi connectivity index (χ2n) is 4.93. The highest BCUT2D eigenvalue weighted by Gasteiger charge is 2.14. The number of hydrogen-bond donors (Lipinski definition) is 0. The van der Waals surface area contributed by atoms with Crippen molar-refractivity contribution in [3.05, 3.63) is 41.1 Å². The van der Waals surface area contributed by atoms with Crippen LogP contribution in [0.25, 0.3) is 11.2 Å². The summed E-state index contributed by atoms with van der Waals surface area (Å²) in [5.41, 5.74) is 5.21. The fraction of sp³-hybridized carbons (Fsp3) is 0.357. The molecule has 0 saturated heterocycles. The predicted molar refractivity (Wildman–Crippen MR) is 78.9 cm³/mol. The van der Waals surface area contributed by atoms with Gasteiger partial charge in [-0.05, 0) is 25.5 Å². The number of alkyl halides is 1. The Morgan fingerprint density at radius 1 is 1.30 bits per heavy atom. The minimum Gasteiger partial charge on any atom is -0.307 e. The van der Waals surface area contributed by atoms with Crippen molar-refractivity contribution < 1.29 is 0 Å². The molecule has 6 heteroatoms. The van der Waals surface area contributed by atoms with Crippen molar-refractivity contribution in [3.8, 4) is 0 Å². The number of fused-ring (bicyclic) bond motifs is 1. The van der Waals surface area contributed by atoms with E-state index in [0.29, 0.717) is 12.4 Å². The maximum absolute atomic E-state index is 6.04. The molecule has 0 unspecified atom stereocenters. The standard InChI is InChI=1S/C14H16ClN5/c1-9-4-5-16-14-13(9)18-12(6-15)20(14)8-11-7-17-19(3)10(11)2/h4-5,7H,6,8H2,1-3H3. The summed E-state index contributed by atoms with van der Waals surface area (Å²) in [6, 6.07) is 1.97. The molecule has 5 nitrogen and oxygen atoms in total. The highest BCUT2D eigenvalue weighted by Crippen LogP contribution is 2.20. The molecule has 3 aromatic heterocycles. The van der Waals surface area contributed by atoms with Crippen LogP contribution in [0.15, 0.2) is 18.5 Å². The molecule has 0 saturated carbocycles. The lowest BCUT2D eigenvalue weighted by atomic mass is 10.2. The van der Waals surface area contributed by atoms with Gasteiger partial charge in [0.2, 0.25) is 0 Å². The molecule has 0 N–H and O–H groups in total. The molecule has 3 heterocycles. The van der Waals surface area contributed by atoms with E-state index in [1.807, 2.05) is 37.1 Å². The third kappa shape index (κ3) is 1.98. The molecule has 0 fully saturated rings. The molecular weight excluding hydrogens is 274 g/mol. The Kier molecular flexibility index (Phi) is 3.22. The number of rotatable bonds is 3. The van der Waals surface area contributed by atoms with E-state index in [0.717, 1.165) is 33.8 Å². The molecule has 0 amide bonds. The zero-order valence-electron chi connectivity index (χ0n) is 11.8. The van der Waals surface area contributed by atoms with Crippen LogP contribution in [0.4, 0.5) is 0 Å². The van der Waals surface area contributed by atoms with Crippen LogP contribution in [0.3, 0.4) is 0 Å². The number of aryl methyl sites for hydroxylation is 2.